The Morgan fingerprint density at radius 2 is 2.00 bits per heavy atom. The number of hydrogen-bond donors (Lipinski definition) is 2. The van der Waals surface area contributed by atoms with Crippen LogP contribution in [0.5, 0.6) is 0 Å². The number of H-pyrrole nitrogens is 1. The van der Waals surface area contributed by atoms with Crippen molar-refractivity contribution in [1.82, 2.24) is 19.8 Å². The molecule has 1 aromatic heterocycles. The Bertz CT molecular complexity index is 263. The predicted octanol–water partition coefficient (Wildman–Crippen LogP) is -0.514. The smallest absolute Gasteiger partial charge is 0.120 e. The number of nitrogens with zero attached hydrogens (tertiary/aromatic N) is 3. The molecule has 2 rings (SSSR count). The molecule has 0 spiro atoms. The fourth-order valence-corrected chi connectivity index (χ4v) is 1.95. The van der Waals surface area contributed by atoms with Crippen LogP contribution in [0, 0.1) is 0 Å². The first kappa shape index (κ1) is 10.6. The normalized spacial score (nSPS) is 19.5. The van der Waals surface area contributed by atoms with Crippen LogP contribution in [0.25, 0.3) is 0 Å². The summed E-state index contributed by atoms with van der Waals surface area (Å²) in [6.45, 7) is 7.19. The van der Waals surface area contributed by atoms with E-state index in [1.165, 1.54) is 0 Å². The van der Waals surface area contributed by atoms with Crippen LogP contribution in [-0.4, -0.2) is 59.0 Å². The van der Waals surface area contributed by atoms with Gasteiger partial charge >= 0.3 is 0 Å². The predicted molar refractivity (Wildman–Crippen MR) is 59.4 cm³/mol. The first-order chi connectivity index (χ1) is 7.38. The highest BCUT2D eigenvalue weighted by Gasteiger charge is 2.16. The second-order valence-corrected chi connectivity index (χ2v) is 3.94. The second-order valence-electron chi connectivity index (χ2n) is 3.94. The third-order valence-electron chi connectivity index (χ3n) is 2.84. The van der Waals surface area contributed by atoms with E-state index in [1.54, 1.807) is 6.20 Å². The fraction of sp³-hybridized carbons (Fsp3) is 0.700. The minimum absolute atomic E-state index is 0.762. The van der Waals surface area contributed by atoms with E-state index < -0.39 is 0 Å². The minimum Gasteiger partial charge on any atom is -0.348 e. The number of piperazine rings is 1. The average Bonchev–Trinajstić information content (AvgIpc) is 2.74. The molecular formula is C10H19N5. The summed E-state index contributed by atoms with van der Waals surface area (Å²) in [5, 5.41) is 0. The van der Waals surface area contributed by atoms with Gasteiger partial charge in [-0.15, -0.1) is 0 Å². The quantitative estimate of drug-likeness (QED) is 0.701. The van der Waals surface area contributed by atoms with Gasteiger partial charge in [-0.1, -0.05) is 0 Å². The monoisotopic (exact) mass is 209 g/mol. The first-order valence-electron chi connectivity index (χ1n) is 5.51. The Morgan fingerprint density at radius 3 is 2.60 bits per heavy atom. The van der Waals surface area contributed by atoms with E-state index in [0.717, 1.165) is 51.6 Å². The Morgan fingerprint density at radius 1 is 1.27 bits per heavy atom. The van der Waals surface area contributed by atoms with E-state index in [9.17, 15) is 0 Å². The summed E-state index contributed by atoms with van der Waals surface area (Å²) in [4.78, 5) is 12.2. The molecule has 3 N–H and O–H groups in total. The number of aromatic nitrogens is 2. The third-order valence-corrected chi connectivity index (χ3v) is 2.84. The molecule has 15 heavy (non-hydrogen) atoms. The molecule has 0 saturated carbocycles. The minimum atomic E-state index is 0.762. The van der Waals surface area contributed by atoms with Gasteiger partial charge in [0.15, 0.2) is 0 Å². The van der Waals surface area contributed by atoms with Crippen molar-refractivity contribution in [3.63, 3.8) is 0 Å². The zero-order chi connectivity index (χ0) is 10.5. The van der Waals surface area contributed by atoms with Crippen LogP contribution < -0.4 is 5.73 Å². The van der Waals surface area contributed by atoms with Crippen LogP contribution in [0.4, 0.5) is 0 Å². The molecule has 0 aromatic carbocycles. The highest BCUT2D eigenvalue weighted by molar-refractivity contribution is 4.87. The van der Waals surface area contributed by atoms with Crippen molar-refractivity contribution < 1.29 is 0 Å². The first-order valence-corrected chi connectivity index (χ1v) is 5.51. The van der Waals surface area contributed by atoms with Crippen molar-refractivity contribution in [1.29, 1.82) is 0 Å². The summed E-state index contributed by atoms with van der Waals surface area (Å²) in [6, 6.07) is 0. The lowest BCUT2D eigenvalue weighted by Gasteiger charge is -2.33. The van der Waals surface area contributed by atoms with Gasteiger partial charge in [-0.05, 0) is 0 Å². The van der Waals surface area contributed by atoms with Gasteiger partial charge < -0.3 is 10.7 Å². The number of rotatable bonds is 4. The molecule has 0 bridgehead atoms. The summed E-state index contributed by atoms with van der Waals surface area (Å²) in [5.41, 5.74) is 5.53. The molecule has 0 radical (unpaired) electrons. The molecule has 5 nitrogen and oxygen atoms in total. The summed E-state index contributed by atoms with van der Waals surface area (Å²) in [5.74, 6) is 1.06. The van der Waals surface area contributed by atoms with Crippen molar-refractivity contribution in [2.75, 3.05) is 39.3 Å². The van der Waals surface area contributed by atoms with Crippen LogP contribution in [0.3, 0.4) is 0 Å². The Labute approximate surface area is 90.3 Å². The summed E-state index contributed by atoms with van der Waals surface area (Å²) >= 11 is 0. The summed E-state index contributed by atoms with van der Waals surface area (Å²) in [7, 11) is 0. The molecular weight excluding hydrogens is 190 g/mol. The topological polar surface area (TPSA) is 61.2 Å². The van der Waals surface area contributed by atoms with Crippen molar-refractivity contribution in [2.24, 2.45) is 5.73 Å². The maximum atomic E-state index is 5.53. The van der Waals surface area contributed by atoms with Crippen molar-refractivity contribution in [2.45, 2.75) is 6.54 Å². The molecule has 2 heterocycles. The lowest BCUT2D eigenvalue weighted by atomic mass is 10.3. The number of nitrogens with one attached hydrogen (secondary N) is 1. The van der Waals surface area contributed by atoms with Gasteiger partial charge in [-0.25, -0.2) is 4.98 Å². The molecule has 1 fully saturated rings. The molecule has 0 aliphatic carbocycles. The molecule has 0 unspecified atom stereocenters. The number of hydrogen-bond acceptors (Lipinski definition) is 4. The van der Waals surface area contributed by atoms with Gasteiger partial charge in [0.2, 0.25) is 0 Å². The molecule has 0 amide bonds. The standard InChI is InChI=1S/C10H19N5/c11-1-4-14-5-7-15(8-6-14)9-10-12-2-3-13-10/h2-3H,1,4-9,11H2,(H,12,13). The van der Waals surface area contributed by atoms with Gasteiger partial charge in [0.1, 0.15) is 5.82 Å². The van der Waals surface area contributed by atoms with E-state index in [-0.39, 0.29) is 0 Å². The van der Waals surface area contributed by atoms with E-state index in [4.69, 9.17) is 5.73 Å². The lowest BCUT2D eigenvalue weighted by Crippen LogP contribution is -2.47. The van der Waals surface area contributed by atoms with Crippen LogP contribution >= 0.6 is 0 Å². The maximum Gasteiger partial charge on any atom is 0.120 e. The fourth-order valence-electron chi connectivity index (χ4n) is 1.95. The van der Waals surface area contributed by atoms with Gasteiger partial charge in [0.25, 0.3) is 0 Å². The van der Waals surface area contributed by atoms with Gasteiger partial charge in [-0.3, -0.25) is 9.80 Å². The summed E-state index contributed by atoms with van der Waals surface area (Å²) < 4.78 is 0. The molecule has 1 aliphatic heterocycles. The second kappa shape index (κ2) is 5.25. The van der Waals surface area contributed by atoms with Crippen molar-refractivity contribution in [3.05, 3.63) is 18.2 Å². The largest absolute Gasteiger partial charge is 0.348 e. The summed E-state index contributed by atoms with van der Waals surface area (Å²) in [6.07, 6.45) is 3.68. The van der Waals surface area contributed by atoms with Crippen LogP contribution in [0.1, 0.15) is 5.82 Å². The average molecular weight is 209 g/mol. The zero-order valence-electron chi connectivity index (χ0n) is 9.02. The Balaban J connectivity index is 1.74. The SMILES string of the molecule is NCCN1CCN(Cc2ncc[nH]2)CC1. The number of imidazole rings is 1. The highest BCUT2D eigenvalue weighted by Crippen LogP contribution is 2.04. The van der Waals surface area contributed by atoms with Gasteiger partial charge in [0.05, 0.1) is 6.54 Å². The third kappa shape index (κ3) is 3.02. The lowest BCUT2D eigenvalue weighted by molar-refractivity contribution is 0.128. The van der Waals surface area contributed by atoms with E-state index in [1.807, 2.05) is 6.20 Å². The maximum absolute atomic E-state index is 5.53. The van der Waals surface area contributed by atoms with E-state index in [0.29, 0.717) is 0 Å². The number of nitrogens with two attached hydrogens (primary N) is 1. The molecule has 1 saturated heterocycles. The molecule has 5 heteroatoms. The van der Waals surface area contributed by atoms with E-state index in [2.05, 4.69) is 19.8 Å². The van der Waals surface area contributed by atoms with Gasteiger partial charge in [0, 0.05) is 51.7 Å². The molecule has 0 atom stereocenters. The molecule has 1 aromatic rings. The van der Waals surface area contributed by atoms with Gasteiger partial charge in [-0.2, -0.15) is 0 Å². The molecule has 1 aliphatic rings. The Kier molecular flexibility index (Phi) is 3.71. The van der Waals surface area contributed by atoms with Crippen LogP contribution in [0.15, 0.2) is 12.4 Å². The zero-order valence-corrected chi connectivity index (χ0v) is 9.02. The van der Waals surface area contributed by atoms with Crippen molar-refractivity contribution in [3.8, 4) is 0 Å². The molecule has 84 valence electrons. The number of aromatic amines is 1. The highest BCUT2D eigenvalue weighted by atomic mass is 15.3. The van der Waals surface area contributed by atoms with E-state index >= 15 is 0 Å². The van der Waals surface area contributed by atoms with Crippen LogP contribution in [0.2, 0.25) is 0 Å². The Hall–Kier alpha value is -0.910. The van der Waals surface area contributed by atoms with Crippen LogP contribution in [-0.2, 0) is 6.54 Å². The van der Waals surface area contributed by atoms with Crippen molar-refractivity contribution >= 4 is 0 Å².